The fourth-order valence-electron chi connectivity index (χ4n) is 1.93. The van der Waals surface area contributed by atoms with Crippen LogP contribution in [0.1, 0.15) is 35.6 Å². The number of aromatic nitrogens is 2. The van der Waals surface area contributed by atoms with Crippen LogP contribution in [0, 0.1) is 5.92 Å². The molecule has 15 heavy (non-hydrogen) atoms. The minimum absolute atomic E-state index is 0.529. The number of fused-ring (bicyclic) bond motifs is 1. The van der Waals surface area contributed by atoms with E-state index in [4.69, 9.17) is 4.74 Å². The Labute approximate surface area is 89.2 Å². The van der Waals surface area contributed by atoms with Gasteiger partial charge in [0.2, 0.25) is 0 Å². The molecule has 0 atom stereocenters. The van der Waals surface area contributed by atoms with Crippen LogP contribution in [0.2, 0.25) is 0 Å². The second kappa shape index (κ2) is 4.14. The van der Waals surface area contributed by atoms with E-state index < -0.39 is 0 Å². The zero-order chi connectivity index (χ0) is 10.8. The van der Waals surface area contributed by atoms with E-state index in [1.807, 2.05) is 4.68 Å². The molecule has 2 heterocycles. The first-order valence-electron chi connectivity index (χ1n) is 5.34. The lowest BCUT2D eigenvalue weighted by molar-refractivity contribution is 0.104. The highest BCUT2D eigenvalue weighted by Crippen LogP contribution is 2.20. The van der Waals surface area contributed by atoms with Crippen molar-refractivity contribution in [1.82, 2.24) is 9.78 Å². The van der Waals surface area contributed by atoms with E-state index in [9.17, 15) is 4.79 Å². The highest BCUT2D eigenvalue weighted by Gasteiger charge is 2.20. The van der Waals surface area contributed by atoms with Crippen LogP contribution in [-0.2, 0) is 24.3 Å². The fourth-order valence-corrected chi connectivity index (χ4v) is 1.93. The molecule has 4 nitrogen and oxygen atoms in total. The Morgan fingerprint density at radius 2 is 2.40 bits per heavy atom. The molecule has 0 saturated heterocycles. The highest BCUT2D eigenvalue weighted by atomic mass is 16.5. The maximum Gasteiger partial charge on any atom is 0.170 e. The van der Waals surface area contributed by atoms with Gasteiger partial charge in [-0.3, -0.25) is 9.48 Å². The van der Waals surface area contributed by atoms with Gasteiger partial charge in [-0.25, -0.2) is 0 Å². The summed E-state index contributed by atoms with van der Waals surface area (Å²) in [6, 6.07) is 0. The van der Waals surface area contributed by atoms with Gasteiger partial charge in [-0.2, -0.15) is 5.10 Å². The molecule has 0 unspecified atom stereocenters. The van der Waals surface area contributed by atoms with E-state index >= 15 is 0 Å². The van der Waals surface area contributed by atoms with Gasteiger partial charge in [0.1, 0.15) is 5.69 Å². The summed E-state index contributed by atoms with van der Waals surface area (Å²) in [5.41, 5.74) is 2.71. The van der Waals surface area contributed by atoms with Gasteiger partial charge in [-0.15, -0.1) is 0 Å². The van der Waals surface area contributed by atoms with Gasteiger partial charge < -0.3 is 4.74 Å². The van der Waals surface area contributed by atoms with Gasteiger partial charge in [-0.1, -0.05) is 13.8 Å². The number of rotatable bonds is 3. The van der Waals surface area contributed by atoms with E-state index in [0.717, 1.165) is 31.4 Å². The lowest BCUT2D eigenvalue weighted by atomic mass is 10.1. The molecule has 0 aromatic carbocycles. The monoisotopic (exact) mass is 208 g/mol. The van der Waals surface area contributed by atoms with Gasteiger partial charge in [0.05, 0.1) is 13.2 Å². The number of aldehydes is 1. The second-order valence-corrected chi connectivity index (χ2v) is 4.31. The molecular formula is C11H16N2O2. The van der Waals surface area contributed by atoms with Gasteiger partial charge in [0, 0.05) is 24.2 Å². The van der Waals surface area contributed by atoms with Gasteiger partial charge in [0.15, 0.2) is 6.29 Å². The van der Waals surface area contributed by atoms with Crippen molar-refractivity contribution in [3.05, 3.63) is 17.0 Å². The SMILES string of the molecule is CC(C)Cn1nc(C=O)c2c1CCOC2. The molecule has 0 N–H and O–H groups in total. The second-order valence-electron chi connectivity index (χ2n) is 4.31. The normalized spacial score (nSPS) is 15.4. The Balaban J connectivity index is 2.37. The van der Waals surface area contributed by atoms with Crippen molar-refractivity contribution in [3.8, 4) is 0 Å². The van der Waals surface area contributed by atoms with Crippen molar-refractivity contribution < 1.29 is 9.53 Å². The smallest absolute Gasteiger partial charge is 0.170 e. The summed E-state index contributed by atoms with van der Waals surface area (Å²) >= 11 is 0. The molecule has 1 aromatic heterocycles. The Bertz CT molecular complexity index is 369. The Kier molecular flexibility index (Phi) is 2.86. The molecule has 0 saturated carbocycles. The van der Waals surface area contributed by atoms with E-state index in [1.165, 1.54) is 5.69 Å². The highest BCUT2D eigenvalue weighted by molar-refractivity contribution is 5.74. The lowest BCUT2D eigenvalue weighted by Gasteiger charge is -2.15. The summed E-state index contributed by atoms with van der Waals surface area (Å²) in [6.07, 6.45) is 1.69. The number of nitrogens with zero attached hydrogens (tertiary/aromatic N) is 2. The topological polar surface area (TPSA) is 44.1 Å². The zero-order valence-corrected chi connectivity index (χ0v) is 9.19. The Hall–Kier alpha value is -1.16. The zero-order valence-electron chi connectivity index (χ0n) is 9.19. The molecule has 2 rings (SSSR count). The average molecular weight is 208 g/mol. The number of carbonyl (C=O) groups excluding carboxylic acids is 1. The lowest BCUT2D eigenvalue weighted by Crippen LogP contribution is -2.15. The van der Waals surface area contributed by atoms with Crippen molar-refractivity contribution in [2.45, 2.75) is 33.4 Å². The van der Waals surface area contributed by atoms with Crippen LogP contribution in [0.5, 0.6) is 0 Å². The fraction of sp³-hybridized carbons (Fsp3) is 0.636. The summed E-state index contributed by atoms with van der Waals surface area (Å²) in [5, 5.41) is 4.32. The van der Waals surface area contributed by atoms with E-state index in [-0.39, 0.29) is 0 Å². The standard InChI is InChI=1S/C11H16N2O2/c1-8(2)5-13-11-3-4-15-7-9(11)10(6-14)12-13/h6,8H,3-5,7H2,1-2H3. The third-order valence-corrected chi connectivity index (χ3v) is 2.58. The largest absolute Gasteiger partial charge is 0.376 e. The van der Waals surface area contributed by atoms with Crippen LogP contribution in [-0.4, -0.2) is 22.7 Å². The number of carbonyl (C=O) groups is 1. The maximum atomic E-state index is 10.8. The predicted octanol–water partition coefficient (Wildman–Crippen LogP) is 1.42. The van der Waals surface area contributed by atoms with E-state index in [0.29, 0.717) is 18.2 Å². The molecule has 1 aliphatic heterocycles. The first kappa shape index (κ1) is 10.4. The summed E-state index contributed by atoms with van der Waals surface area (Å²) in [5.74, 6) is 0.538. The summed E-state index contributed by atoms with van der Waals surface area (Å²) < 4.78 is 7.31. The molecular weight excluding hydrogens is 192 g/mol. The van der Waals surface area contributed by atoms with Crippen LogP contribution >= 0.6 is 0 Å². The molecule has 0 radical (unpaired) electrons. The Morgan fingerprint density at radius 1 is 1.60 bits per heavy atom. The molecule has 0 fully saturated rings. The molecule has 1 aliphatic rings. The maximum absolute atomic E-state index is 10.8. The molecule has 0 amide bonds. The van der Waals surface area contributed by atoms with Crippen LogP contribution < -0.4 is 0 Å². The molecule has 82 valence electrons. The number of ether oxygens (including phenoxy) is 1. The number of hydrogen-bond donors (Lipinski definition) is 0. The van der Waals surface area contributed by atoms with Crippen molar-refractivity contribution in [1.29, 1.82) is 0 Å². The first-order chi connectivity index (χ1) is 7.22. The minimum Gasteiger partial charge on any atom is -0.376 e. The van der Waals surface area contributed by atoms with Crippen molar-refractivity contribution in [3.63, 3.8) is 0 Å². The van der Waals surface area contributed by atoms with Crippen LogP contribution in [0.3, 0.4) is 0 Å². The molecule has 0 spiro atoms. The predicted molar refractivity (Wildman–Crippen MR) is 55.8 cm³/mol. The third-order valence-electron chi connectivity index (χ3n) is 2.58. The third kappa shape index (κ3) is 1.95. The van der Waals surface area contributed by atoms with Crippen molar-refractivity contribution in [2.75, 3.05) is 6.61 Å². The van der Waals surface area contributed by atoms with Crippen molar-refractivity contribution in [2.24, 2.45) is 5.92 Å². The first-order valence-corrected chi connectivity index (χ1v) is 5.34. The quantitative estimate of drug-likeness (QED) is 0.706. The molecule has 1 aromatic rings. The van der Waals surface area contributed by atoms with Crippen LogP contribution in [0.4, 0.5) is 0 Å². The van der Waals surface area contributed by atoms with Gasteiger partial charge in [-0.05, 0) is 5.92 Å². The summed E-state index contributed by atoms with van der Waals surface area (Å²) in [4.78, 5) is 10.8. The number of hydrogen-bond acceptors (Lipinski definition) is 3. The van der Waals surface area contributed by atoms with Gasteiger partial charge >= 0.3 is 0 Å². The molecule has 4 heteroatoms. The minimum atomic E-state index is 0.529. The van der Waals surface area contributed by atoms with Crippen LogP contribution in [0.15, 0.2) is 0 Å². The van der Waals surface area contributed by atoms with E-state index in [1.54, 1.807) is 0 Å². The average Bonchev–Trinajstić information content (AvgIpc) is 2.56. The molecule has 0 aliphatic carbocycles. The van der Waals surface area contributed by atoms with Crippen molar-refractivity contribution >= 4 is 6.29 Å². The van der Waals surface area contributed by atoms with E-state index in [2.05, 4.69) is 18.9 Å². The van der Waals surface area contributed by atoms with Crippen LogP contribution in [0.25, 0.3) is 0 Å². The molecule has 0 bridgehead atoms. The Morgan fingerprint density at radius 3 is 3.07 bits per heavy atom. The van der Waals surface area contributed by atoms with Gasteiger partial charge in [0.25, 0.3) is 0 Å². The summed E-state index contributed by atoms with van der Waals surface area (Å²) in [6.45, 7) is 6.43. The summed E-state index contributed by atoms with van der Waals surface area (Å²) in [7, 11) is 0.